The van der Waals surface area contributed by atoms with Crippen LogP contribution in [0.3, 0.4) is 0 Å². The molecule has 1 N–H and O–H groups in total. The standard InChI is InChI=1S/C9H19N2/c1-2-3-4-7-11-8-5-10-6-9-11/h10H,1-9H2. The van der Waals surface area contributed by atoms with E-state index in [0.717, 1.165) is 6.42 Å². The second kappa shape index (κ2) is 5.56. The Kier molecular flexibility index (Phi) is 4.55. The fraction of sp³-hybridized carbons (Fsp3) is 0.889. The molecule has 0 aromatic carbocycles. The van der Waals surface area contributed by atoms with Crippen LogP contribution in [0.1, 0.15) is 19.3 Å². The van der Waals surface area contributed by atoms with Gasteiger partial charge >= 0.3 is 0 Å². The van der Waals surface area contributed by atoms with Crippen molar-refractivity contribution >= 4 is 0 Å². The van der Waals surface area contributed by atoms with Crippen molar-refractivity contribution in [3.63, 3.8) is 0 Å². The molecule has 1 aliphatic heterocycles. The van der Waals surface area contributed by atoms with Crippen molar-refractivity contribution < 1.29 is 0 Å². The normalized spacial score (nSPS) is 20.5. The number of hydrogen-bond donors (Lipinski definition) is 1. The summed E-state index contributed by atoms with van der Waals surface area (Å²) in [6.07, 6.45) is 3.69. The van der Waals surface area contributed by atoms with Crippen LogP contribution in [0.15, 0.2) is 0 Å². The molecule has 1 fully saturated rings. The molecule has 0 amide bonds. The lowest BCUT2D eigenvalue weighted by Crippen LogP contribution is -2.43. The van der Waals surface area contributed by atoms with Gasteiger partial charge in [-0.05, 0) is 13.0 Å². The number of piperazine rings is 1. The maximum absolute atomic E-state index is 3.84. The quantitative estimate of drug-likeness (QED) is 0.607. The molecule has 2 nitrogen and oxygen atoms in total. The van der Waals surface area contributed by atoms with Crippen LogP contribution in [-0.4, -0.2) is 37.6 Å². The minimum Gasteiger partial charge on any atom is -0.314 e. The SMILES string of the molecule is [CH2]CCCCN1CCNCC1. The number of nitrogens with one attached hydrogen (secondary N) is 1. The smallest absolute Gasteiger partial charge is 0.0107 e. The van der Waals surface area contributed by atoms with Gasteiger partial charge in [-0.25, -0.2) is 0 Å². The molecule has 1 radical (unpaired) electrons. The van der Waals surface area contributed by atoms with E-state index in [-0.39, 0.29) is 0 Å². The Balaban J connectivity index is 1.96. The first-order valence-corrected chi connectivity index (χ1v) is 4.66. The highest BCUT2D eigenvalue weighted by Gasteiger charge is 2.07. The summed E-state index contributed by atoms with van der Waals surface area (Å²) in [6, 6.07) is 0. The van der Waals surface area contributed by atoms with Gasteiger partial charge in [0.2, 0.25) is 0 Å². The Hall–Kier alpha value is -0.0800. The third-order valence-corrected chi connectivity index (χ3v) is 2.18. The van der Waals surface area contributed by atoms with E-state index in [4.69, 9.17) is 0 Å². The molecule has 0 saturated carbocycles. The Bertz CT molecular complexity index is 87.6. The molecule has 0 bridgehead atoms. The van der Waals surface area contributed by atoms with Crippen molar-refractivity contribution in [3.8, 4) is 0 Å². The monoisotopic (exact) mass is 155 g/mol. The van der Waals surface area contributed by atoms with Gasteiger partial charge in [-0.3, -0.25) is 0 Å². The molecule has 1 aliphatic rings. The second-order valence-electron chi connectivity index (χ2n) is 3.15. The van der Waals surface area contributed by atoms with Crippen LogP contribution in [0, 0.1) is 6.92 Å². The van der Waals surface area contributed by atoms with Crippen molar-refractivity contribution in [2.75, 3.05) is 32.7 Å². The topological polar surface area (TPSA) is 15.3 Å². The highest BCUT2D eigenvalue weighted by molar-refractivity contribution is 4.67. The largest absolute Gasteiger partial charge is 0.314 e. The number of hydrogen-bond acceptors (Lipinski definition) is 2. The van der Waals surface area contributed by atoms with E-state index in [0.29, 0.717) is 0 Å². The highest BCUT2D eigenvalue weighted by Crippen LogP contribution is 1.98. The molecule has 0 aliphatic carbocycles. The van der Waals surface area contributed by atoms with Gasteiger partial charge in [0.15, 0.2) is 0 Å². The summed E-state index contributed by atoms with van der Waals surface area (Å²) in [5.41, 5.74) is 0. The number of nitrogens with zero attached hydrogens (tertiary/aromatic N) is 1. The van der Waals surface area contributed by atoms with Gasteiger partial charge in [0.1, 0.15) is 0 Å². The van der Waals surface area contributed by atoms with Crippen LogP contribution in [-0.2, 0) is 0 Å². The zero-order valence-corrected chi connectivity index (χ0v) is 7.31. The minimum absolute atomic E-state index is 1.09. The maximum Gasteiger partial charge on any atom is 0.0107 e. The predicted molar refractivity (Wildman–Crippen MR) is 48.5 cm³/mol. The van der Waals surface area contributed by atoms with Crippen LogP contribution >= 0.6 is 0 Å². The number of rotatable bonds is 4. The van der Waals surface area contributed by atoms with E-state index in [2.05, 4.69) is 17.1 Å². The van der Waals surface area contributed by atoms with Gasteiger partial charge in [0.25, 0.3) is 0 Å². The van der Waals surface area contributed by atoms with Crippen molar-refractivity contribution in [1.82, 2.24) is 10.2 Å². The fourth-order valence-electron chi connectivity index (χ4n) is 1.45. The first-order chi connectivity index (χ1) is 5.43. The molecular formula is C9H19N2. The van der Waals surface area contributed by atoms with Crippen molar-refractivity contribution in [1.29, 1.82) is 0 Å². The van der Waals surface area contributed by atoms with E-state index in [1.165, 1.54) is 45.6 Å². The zero-order valence-electron chi connectivity index (χ0n) is 7.31. The Morgan fingerprint density at radius 2 is 1.91 bits per heavy atom. The average molecular weight is 155 g/mol. The van der Waals surface area contributed by atoms with Crippen LogP contribution in [0.2, 0.25) is 0 Å². The first kappa shape index (κ1) is 9.01. The van der Waals surface area contributed by atoms with E-state index in [9.17, 15) is 0 Å². The van der Waals surface area contributed by atoms with E-state index in [1.807, 2.05) is 0 Å². The molecule has 0 unspecified atom stereocenters. The Labute approximate surface area is 70.0 Å². The van der Waals surface area contributed by atoms with Gasteiger partial charge in [-0.2, -0.15) is 0 Å². The molecule has 1 heterocycles. The second-order valence-corrected chi connectivity index (χ2v) is 3.15. The lowest BCUT2D eigenvalue weighted by Gasteiger charge is -2.26. The van der Waals surface area contributed by atoms with Crippen LogP contribution in [0.25, 0.3) is 0 Å². The van der Waals surface area contributed by atoms with Gasteiger partial charge in [0, 0.05) is 26.2 Å². The Morgan fingerprint density at radius 3 is 2.55 bits per heavy atom. The average Bonchev–Trinajstić information content (AvgIpc) is 2.07. The summed E-state index contributed by atoms with van der Waals surface area (Å²) in [6.45, 7) is 9.92. The summed E-state index contributed by atoms with van der Waals surface area (Å²) in [7, 11) is 0. The highest BCUT2D eigenvalue weighted by atomic mass is 15.2. The molecular weight excluding hydrogens is 136 g/mol. The van der Waals surface area contributed by atoms with Gasteiger partial charge in [-0.1, -0.05) is 19.8 Å². The van der Waals surface area contributed by atoms with Gasteiger partial charge in [-0.15, -0.1) is 0 Å². The molecule has 1 saturated heterocycles. The minimum atomic E-state index is 1.09. The summed E-state index contributed by atoms with van der Waals surface area (Å²) in [4.78, 5) is 2.53. The third kappa shape index (κ3) is 3.73. The summed E-state index contributed by atoms with van der Waals surface area (Å²) in [5.74, 6) is 0. The van der Waals surface area contributed by atoms with E-state index < -0.39 is 0 Å². The van der Waals surface area contributed by atoms with Gasteiger partial charge < -0.3 is 10.2 Å². The molecule has 2 heteroatoms. The van der Waals surface area contributed by atoms with Crippen molar-refractivity contribution in [3.05, 3.63) is 6.92 Å². The summed E-state index contributed by atoms with van der Waals surface area (Å²) >= 11 is 0. The summed E-state index contributed by atoms with van der Waals surface area (Å²) < 4.78 is 0. The van der Waals surface area contributed by atoms with Crippen LogP contribution in [0.4, 0.5) is 0 Å². The fourth-order valence-corrected chi connectivity index (χ4v) is 1.45. The lowest BCUT2D eigenvalue weighted by atomic mass is 10.2. The van der Waals surface area contributed by atoms with Crippen molar-refractivity contribution in [2.24, 2.45) is 0 Å². The zero-order chi connectivity index (χ0) is 7.94. The molecule has 1 rings (SSSR count). The third-order valence-electron chi connectivity index (χ3n) is 2.18. The summed E-state index contributed by atoms with van der Waals surface area (Å²) in [5, 5.41) is 3.35. The molecule has 11 heavy (non-hydrogen) atoms. The molecule has 0 aromatic rings. The van der Waals surface area contributed by atoms with E-state index in [1.54, 1.807) is 0 Å². The molecule has 0 spiro atoms. The van der Waals surface area contributed by atoms with Crippen LogP contribution < -0.4 is 5.32 Å². The predicted octanol–water partition coefficient (Wildman–Crippen LogP) is 0.896. The molecule has 65 valence electrons. The lowest BCUT2D eigenvalue weighted by molar-refractivity contribution is 0.237. The number of unbranched alkanes of at least 4 members (excludes halogenated alkanes) is 2. The molecule has 0 aromatic heterocycles. The maximum atomic E-state index is 3.84. The Morgan fingerprint density at radius 1 is 1.18 bits per heavy atom. The first-order valence-electron chi connectivity index (χ1n) is 4.66. The van der Waals surface area contributed by atoms with E-state index >= 15 is 0 Å². The van der Waals surface area contributed by atoms with Crippen LogP contribution in [0.5, 0.6) is 0 Å². The molecule has 0 atom stereocenters. The van der Waals surface area contributed by atoms with Crippen molar-refractivity contribution in [2.45, 2.75) is 19.3 Å². The van der Waals surface area contributed by atoms with Gasteiger partial charge in [0.05, 0.1) is 0 Å².